The third-order valence-electron chi connectivity index (χ3n) is 3.18. The van der Waals surface area contributed by atoms with E-state index in [9.17, 15) is 18.0 Å². The summed E-state index contributed by atoms with van der Waals surface area (Å²) in [6, 6.07) is -1.67. The van der Waals surface area contributed by atoms with Crippen LogP contribution in [-0.2, 0) is 14.6 Å². The van der Waals surface area contributed by atoms with Crippen molar-refractivity contribution in [2.75, 3.05) is 19.1 Å². The first kappa shape index (κ1) is 18.7. The highest BCUT2D eigenvalue weighted by Gasteiger charge is 2.25. The van der Waals surface area contributed by atoms with E-state index < -0.39 is 27.9 Å². The van der Waals surface area contributed by atoms with E-state index >= 15 is 0 Å². The average Bonchev–Trinajstić information content (AvgIpc) is 2.33. The quantitative estimate of drug-likeness (QED) is 0.687. The van der Waals surface area contributed by atoms with Gasteiger partial charge in [0.15, 0.2) is 0 Å². The Hall–Kier alpha value is -1.31. The minimum absolute atomic E-state index is 0.0272. The first-order chi connectivity index (χ1) is 9.12. The molecule has 0 radical (unpaired) electrons. The second-order valence-corrected chi connectivity index (χ2v) is 7.10. The van der Waals surface area contributed by atoms with Gasteiger partial charge in [0.2, 0.25) is 0 Å². The summed E-state index contributed by atoms with van der Waals surface area (Å²) in [5, 5.41) is 11.4. The van der Waals surface area contributed by atoms with Gasteiger partial charge in [0, 0.05) is 19.3 Å². The molecule has 0 aromatic heterocycles. The number of nitrogens with one attached hydrogen (secondary N) is 1. The Kier molecular flexibility index (Phi) is 7.55. The monoisotopic (exact) mass is 308 g/mol. The second kappa shape index (κ2) is 8.08. The van der Waals surface area contributed by atoms with Crippen molar-refractivity contribution in [3.63, 3.8) is 0 Å². The summed E-state index contributed by atoms with van der Waals surface area (Å²) in [6.45, 7) is 3.88. The summed E-state index contributed by atoms with van der Waals surface area (Å²) in [7, 11) is -1.66. The van der Waals surface area contributed by atoms with E-state index in [0.717, 1.165) is 19.1 Å². The second-order valence-electron chi connectivity index (χ2n) is 4.84. The van der Waals surface area contributed by atoms with Crippen LogP contribution >= 0.6 is 0 Å². The van der Waals surface area contributed by atoms with Crippen molar-refractivity contribution in [3.05, 3.63) is 0 Å². The maximum absolute atomic E-state index is 11.9. The summed E-state index contributed by atoms with van der Waals surface area (Å²) in [5.41, 5.74) is 0. The molecule has 0 aromatic carbocycles. The van der Waals surface area contributed by atoms with E-state index in [1.54, 1.807) is 7.05 Å². The third kappa shape index (κ3) is 6.74. The summed E-state index contributed by atoms with van der Waals surface area (Å²) in [4.78, 5) is 24.5. The van der Waals surface area contributed by atoms with Crippen LogP contribution in [0.2, 0.25) is 0 Å². The van der Waals surface area contributed by atoms with Crippen molar-refractivity contribution < 1.29 is 23.1 Å². The molecular formula is C12H24N2O5S. The summed E-state index contributed by atoms with van der Waals surface area (Å²) in [6.07, 6.45) is 2.42. The van der Waals surface area contributed by atoms with Crippen LogP contribution in [0.1, 0.15) is 33.1 Å². The Labute approximate surface area is 120 Å². The summed E-state index contributed by atoms with van der Waals surface area (Å²) in [5.74, 6) is -1.51. The number of nitrogens with zero attached hydrogens (tertiary/aromatic N) is 1. The topological polar surface area (TPSA) is 104 Å². The highest BCUT2D eigenvalue weighted by atomic mass is 32.2. The van der Waals surface area contributed by atoms with Gasteiger partial charge >= 0.3 is 12.0 Å². The van der Waals surface area contributed by atoms with E-state index in [2.05, 4.69) is 5.32 Å². The van der Waals surface area contributed by atoms with Crippen molar-refractivity contribution in [1.29, 1.82) is 0 Å². The average molecular weight is 308 g/mol. The van der Waals surface area contributed by atoms with Crippen molar-refractivity contribution in [3.8, 4) is 0 Å². The van der Waals surface area contributed by atoms with Gasteiger partial charge in [-0.3, -0.25) is 0 Å². The third-order valence-corrected chi connectivity index (χ3v) is 4.16. The Morgan fingerprint density at radius 2 is 1.75 bits per heavy atom. The van der Waals surface area contributed by atoms with Gasteiger partial charge in [-0.2, -0.15) is 0 Å². The number of carboxylic acid groups (broad SMARTS) is 1. The highest BCUT2D eigenvalue weighted by molar-refractivity contribution is 7.90. The Bertz CT molecular complexity index is 431. The fourth-order valence-corrected chi connectivity index (χ4v) is 2.51. The lowest BCUT2D eigenvalue weighted by atomic mass is 10.1. The summed E-state index contributed by atoms with van der Waals surface area (Å²) >= 11 is 0. The molecule has 0 rings (SSSR count). The molecule has 2 N–H and O–H groups in total. The van der Waals surface area contributed by atoms with Crippen LogP contribution in [0.3, 0.4) is 0 Å². The van der Waals surface area contributed by atoms with E-state index in [1.807, 2.05) is 13.8 Å². The van der Waals surface area contributed by atoms with Gasteiger partial charge in [0.25, 0.3) is 0 Å². The molecule has 0 aliphatic heterocycles. The predicted octanol–water partition coefficient (Wildman–Crippen LogP) is 0.704. The normalized spacial score (nSPS) is 13.1. The number of rotatable bonds is 8. The number of hydrogen-bond acceptors (Lipinski definition) is 4. The molecule has 0 fully saturated rings. The number of carboxylic acids is 1. The minimum Gasteiger partial charge on any atom is -0.480 e. The Balaban J connectivity index is 4.67. The van der Waals surface area contributed by atoms with Crippen LogP contribution in [0.15, 0.2) is 0 Å². The van der Waals surface area contributed by atoms with Crippen LogP contribution in [0.5, 0.6) is 0 Å². The largest absolute Gasteiger partial charge is 0.480 e. The lowest BCUT2D eigenvalue weighted by Crippen LogP contribution is -2.50. The van der Waals surface area contributed by atoms with Gasteiger partial charge in [-0.25, -0.2) is 18.0 Å². The zero-order valence-electron chi connectivity index (χ0n) is 12.4. The molecule has 20 heavy (non-hydrogen) atoms. The van der Waals surface area contributed by atoms with Gasteiger partial charge in [-0.05, 0) is 19.3 Å². The molecule has 1 unspecified atom stereocenters. The van der Waals surface area contributed by atoms with Gasteiger partial charge in [0.05, 0.1) is 5.75 Å². The van der Waals surface area contributed by atoms with E-state index in [0.29, 0.717) is 0 Å². The number of amides is 2. The SMILES string of the molecule is CCC(CC)N(C)C(=O)NC(CCS(C)(=O)=O)C(=O)O. The van der Waals surface area contributed by atoms with E-state index in [-0.39, 0.29) is 18.2 Å². The first-order valence-corrected chi connectivity index (χ1v) is 8.62. The standard InChI is InChI=1S/C12H24N2O5S/c1-5-9(6-2)14(3)12(17)13-10(11(15)16)7-8-20(4,18)19/h9-10H,5-8H2,1-4H3,(H,13,17)(H,15,16). The van der Waals surface area contributed by atoms with Crippen molar-refractivity contribution in [2.45, 2.75) is 45.2 Å². The number of sulfone groups is 1. The maximum Gasteiger partial charge on any atom is 0.326 e. The predicted molar refractivity (Wildman–Crippen MR) is 76.4 cm³/mol. The van der Waals surface area contributed by atoms with Crippen LogP contribution < -0.4 is 5.32 Å². The van der Waals surface area contributed by atoms with Crippen LogP contribution in [0.4, 0.5) is 4.79 Å². The van der Waals surface area contributed by atoms with Crippen LogP contribution in [-0.4, -0.2) is 61.6 Å². The molecule has 0 saturated carbocycles. The van der Waals surface area contributed by atoms with Crippen molar-refractivity contribution in [2.24, 2.45) is 0 Å². The van der Waals surface area contributed by atoms with Crippen LogP contribution in [0.25, 0.3) is 0 Å². The number of aliphatic carboxylic acids is 1. The molecule has 2 amide bonds. The van der Waals surface area contributed by atoms with Crippen LogP contribution in [0, 0.1) is 0 Å². The molecule has 7 nitrogen and oxygen atoms in total. The fourth-order valence-electron chi connectivity index (χ4n) is 1.84. The lowest BCUT2D eigenvalue weighted by Gasteiger charge is -2.28. The Morgan fingerprint density at radius 1 is 1.25 bits per heavy atom. The molecule has 118 valence electrons. The molecule has 0 saturated heterocycles. The lowest BCUT2D eigenvalue weighted by molar-refractivity contribution is -0.139. The number of carbonyl (C=O) groups excluding carboxylic acids is 1. The molecule has 0 bridgehead atoms. The molecule has 0 spiro atoms. The van der Waals surface area contributed by atoms with E-state index in [4.69, 9.17) is 5.11 Å². The van der Waals surface area contributed by atoms with E-state index in [1.165, 1.54) is 4.90 Å². The molecule has 0 aromatic rings. The first-order valence-electron chi connectivity index (χ1n) is 6.56. The van der Waals surface area contributed by atoms with Gasteiger partial charge in [0.1, 0.15) is 15.9 Å². The van der Waals surface area contributed by atoms with Gasteiger partial charge < -0.3 is 15.3 Å². The molecule has 8 heteroatoms. The molecule has 0 heterocycles. The number of urea groups is 1. The van der Waals surface area contributed by atoms with Gasteiger partial charge in [-0.15, -0.1) is 0 Å². The number of carbonyl (C=O) groups is 2. The maximum atomic E-state index is 11.9. The van der Waals surface area contributed by atoms with Crippen molar-refractivity contribution >= 4 is 21.8 Å². The smallest absolute Gasteiger partial charge is 0.326 e. The molecule has 0 aliphatic rings. The molecule has 1 atom stereocenters. The van der Waals surface area contributed by atoms with Crippen molar-refractivity contribution in [1.82, 2.24) is 10.2 Å². The fraction of sp³-hybridized carbons (Fsp3) is 0.833. The molecule has 0 aliphatic carbocycles. The highest BCUT2D eigenvalue weighted by Crippen LogP contribution is 2.07. The summed E-state index contributed by atoms with van der Waals surface area (Å²) < 4.78 is 22.1. The zero-order valence-corrected chi connectivity index (χ0v) is 13.2. The number of hydrogen-bond donors (Lipinski definition) is 2. The minimum atomic E-state index is -3.26. The zero-order chi connectivity index (χ0) is 15.9. The van der Waals surface area contributed by atoms with Gasteiger partial charge in [-0.1, -0.05) is 13.8 Å². The molecular weight excluding hydrogens is 284 g/mol. The Morgan fingerprint density at radius 3 is 2.10 bits per heavy atom.